The third-order valence-corrected chi connectivity index (χ3v) is 8.27. The van der Waals surface area contributed by atoms with Gasteiger partial charge in [-0.3, -0.25) is 14.5 Å². The van der Waals surface area contributed by atoms with Crippen LogP contribution in [0.1, 0.15) is 64.9 Å². The van der Waals surface area contributed by atoms with Crippen LogP contribution in [0.2, 0.25) is 0 Å². The number of hydrogen-bond acceptors (Lipinski definition) is 4. The molecule has 1 saturated carbocycles. The summed E-state index contributed by atoms with van der Waals surface area (Å²) in [6, 6.07) is 4.33. The first-order valence-corrected chi connectivity index (χ1v) is 12.5. The number of anilines is 1. The number of amides is 2. The summed E-state index contributed by atoms with van der Waals surface area (Å²) in [5.74, 6) is -0.365. The van der Waals surface area contributed by atoms with E-state index < -0.39 is 16.1 Å². The molecule has 0 aromatic heterocycles. The van der Waals surface area contributed by atoms with Gasteiger partial charge in [0.1, 0.15) is 6.04 Å². The Hall–Kier alpha value is -1.93. The monoisotopic (exact) mass is 435 g/mol. The molecule has 166 valence electrons. The van der Waals surface area contributed by atoms with Crippen LogP contribution in [0, 0.1) is 0 Å². The van der Waals surface area contributed by atoms with Crippen LogP contribution in [0.4, 0.5) is 5.69 Å². The second kappa shape index (κ2) is 9.47. The second-order valence-electron chi connectivity index (χ2n) is 8.19. The summed E-state index contributed by atoms with van der Waals surface area (Å²) in [4.78, 5) is 27.1. The van der Waals surface area contributed by atoms with E-state index in [0.29, 0.717) is 25.2 Å². The van der Waals surface area contributed by atoms with Gasteiger partial charge in [-0.2, -0.15) is 4.31 Å². The Morgan fingerprint density at radius 3 is 2.30 bits per heavy atom. The number of hydrogen-bond donors (Lipinski definition) is 1. The number of sulfonamides is 1. The molecule has 2 aliphatic rings. The molecule has 2 amide bonds. The normalized spacial score (nSPS) is 20.1. The Morgan fingerprint density at radius 2 is 1.73 bits per heavy atom. The summed E-state index contributed by atoms with van der Waals surface area (Å²) in [5, 5.41) is 3.14. The molecule has 1 atom stereocenters. The van der Waals surface area contributed by atoms with E-state index in [2.05, 4.69) is 5.32 Å². The van der Waals surface area contributed by atoms with Crippen molar-refractivity contribution < 1.29 is 18.0 Å². The minimum absolute atomic E-state index is 0.149. The van der Waals surface area contributed by atoms with Gasteiger partial charge in [0.2, 0.25) is 21.8 Å². The zero-order valence-electron chi connectivity index (χ0n) is 18.2. The van der Waals surface area contributed by atoms with Crippen molar-refractivity contribution in [3.8, 4) is 0 Å². The van der Waals surface area contributed by atoms with Gasteiger partial charge >= 0.3 is 0 Å². The molecule has 30 heavy (non-hydrogen) atoms. The van der Waals surface area contributed by atoms with Gasteiger partial charge in [0.05, 0.1) is 4.90 Å². The van der Waals surface area contributed by atoms with Gasteiger partial charge in [0.25, 0.3) is 0 Å². The van der Waals surface area contributed by atoms with Crippen LogP contribution in [0.5, 0.6) is 0 Å². The molecule has 1 aromatic rings. The van der Waals surface area contributed by atoms with Gasteiger partial charge in [0.15, 0.2) is 0 Å². The molecule has 0 saturated heterocycles. The van der Waals surface area contributed by atoms with Crippen LogP contribution in [0.3, 0.4) is 0 Å². The maximum absolute atomic E-state index is 13.1. The molecule has 1 aromatic carbocycles. The van der Waals surface area contributed by atoms with Gasteiger partial charge in [-0.05, 0) is 36.6 Å². The minimum Gasteiger partial charge on any atom is -0.352 e. The molecule has 0 radical (unpaired) electrons. The van der Waals surface area contributed by atoms with Crippen LogP contribution >= 0.6 is 0 Å². The number of carbonyl (C=O) groups is 2. The van der Waals surface area contributed by atoms with E-state index in [-0.39, 0.29) is 22.8 Å². The highest BCUT2D eigenvalue weighted by Gasteiger charge is 2.38. The van der Waals surface area contributed by atoms with Crippen LogP contribution in [-0.4, -0.2) is 49.7 Å². The molecule has 1 N–H and O–H groups in total. The molecule has 0 spiro atoms. The quantitative estimate of drug-likeness (QED) is 0.696. The Balaban J connectivity index is 1.85. The molecule has 7 nitrogen and oxygen atoms in total. The maximum Gasteiger partial charge on any atom is 0.243 e. The zero-order valence-corrected chi connectivity index (χ0v) is 19.0. The molecular formula is C22H33N3O4S. The Morgan fingerprint density at radius 1 is 1.10 bits per heavy atom. The molecule has 1 heterocycles. The molecule has 3 rings (SSSR count). The lowest BCUT2D eigenvalue weighted by Gasteiger charge is -2.26. The van der Waals surface area contributed by atoms with Gasteiger partial charge < -0.3 is 5.32 Å². The van der Waals surface area contributed by atoms with Gasteiger partial charge in [-0.25, -0.2) is 8.42 Å². The summed E-state index contributed by atoms with van der Waals surface area (Å²) in [7, 11) is -3.60. The summed E-state index contributed by atoms with van der Waals surface area (Å²) < 4.78 is 27.2. The topological polar surface area (TPSA) is 86.8 Å². The summed E-state index contributed by atoms with van der Waals surface area (Å²) in [5.41, 5.74) is 1.35. The molecule has 1 aliphatic heterocycles. The lowest BCUT2D eigenvalue weighted by molar-refractivity contribution is -0.126. The first kappa shape index (κ1) is 22.7. The lowest BCUT2D eigenvalue weighted by atomic mass is 10.1. The van der Waals surface area contributed by atoms with Crippen molar-refractivity contribution in [3.63, 3.8) is 0 Å². The fourth-order valence-electron chi connectivity index (χ4n) is 4.62. The molecule has 1 unspecified atom stereocenters. The predicted octanol–water partition coefficient (Wildman–Crippen LogP) is 2.83. The molecule has 8 heteroatoms. The number of benzene rings is 1. The Labute approximate surface area is 179 Å². The second-order valence-corrected chi connectivity index (χ2v) is 10.1. The van der Waals surface area contributed by atoms with Crippen LogP contribution in [0.15, 0.2) is 23.1 Å². The summed E-state index contributed by atoms with van der Waals surface area (Å²) in [6.07, 6.45) is 6.89. The lowest BCUT2D eigenvalue weighted by Crippen LogP contribution is -2.50. The standard InChI is InChI=1S/C22H33N3O4S/c1-4-24(5-2)30(28,29)19-12-13-20-17(14-19)15-21(25(20)16(3)26)22(27)23-18-10-8-6-7-9-11-18/h12-14,18,21H,4-11,15H2,1-3H3,(H,23,27). The average molecular weight is 436 g/mol. The number of carbonyl (C=O) groups excluding carboxylic acids is 2. The highest BCUT2D eigenvalue weighted by Crippen LogP contribution is 2.35. The number of rotatable bonds is 6. The first-order valence-electron chi connectivity index (χ1n) is 11.0. The van der Waals surface area contributed by atoms with E-state index in [4.69, 9.17) is 0 Å². The van der Waals surface area contributed by atoms with Crippen molar-refractivity contribution in [3.05, 3.63) is 23.8 Å². The predicted molar refractivity (Wildman–Crippen MR) is 117 cm³/mol. The van der Waals surface area contributed by atoms with Gasteiger partial charge in [-0.15, -0.1) is 0 Å². The highest BCUT2D eigenvalue weighted by atomic mass is 32.2. The largest absolute Gasteiger partial charge is 0.352 e. The van der Waals surface area contributed by atoms with Gasteiger partial charge in [-0.1, -0.05) is 39.5 Å². The molecule has 1 fully saturated rings. The fourth-order valence-corrected chi connectivity index (χ4v) is 6.13. The molecule has 0 bridgehead atoms. The van der Waals surface area contributed by atoms with Crippen molar-refractivity contribution in [1.29, 1.82) is 0 Å². The maximum atomic E-state index is 13.1. The van der Waals surface area contributed by atoms with Crippen LogP contribution in [-0.2, 0) is 26.0 Å². The summed E-state index contributed by atoms with van der Waals surface area (Å²) in [6.45, 7) is 5.84. The van der Waals surface area contributed by atoms with E-state index in [1.54, 1.807) is 26.0 Å². The average Bonchev–Trinajstić information content (AvgIpc) is 2.91. The first-order chi connectivity index (χ1) is 14.3. The van der Waals surface area contributed by atoms with E-state index in [1.807, 2.05) is 0 Å². The Kier molecular flexibility index (Phi) is 7.18. The van der Waals surface area contributed by atoms with Crippen molar-refractivity contribution in [1.82, 2.24) is 9.62 Å². The smallest absolute Gasteiger partial charge is 0.243 e. The van der Waals surface area contributed by atoms with Gasteiger partial charge in [0, 0.05) is 38.2 Å². The molecule has 1 aliphatic carbocycles. The number of nitrogens with one attached hydrogen (secondary N) is 1. The third-order valence-electron chi connectivity index (χ3n) is 6.22. The fraction of sp³-hybridized carbons (Fsp3) is 0.636. The Bertz CT molecular complexity index is 888. The van der Waals surface area contributed by atoms with E-state index in [0.717, 1.165) is 31.2 Å². The minimum atomic E-state index is -3.60. The third kappa shape index (κ3) is 4.54. The van der Waals surface area contributed by atoms with E-state index in [9.17, 15) is 18.0 Å². The van der Waals surface area contributed by atoms with Crippen molar-refractivity contribution in [2.24, 2.45) is 0 Å². The zero-order chi connectivity index (χ0) is 21.9. The van der Waals surface area contributed by atoms with Crippen molar-refractivity contribution in [2.75, 3.05) is 18.0 Å². The highest BCUT2D eigenvalue weighted by molar-refractivity contribution is 7.89. The van der Waals surface area contributed by atoms with Crippen LogP contribution < -0.4 is 10.2 Å². The molecular weight excluding hydrogens is 402 g/mol. The SMILES string of the molecule is CCN(CC)S(=O)(=O)c1ccc2c(c1)CC(C(=O)NC1CCCCCC1)N2C(C)=O. The van der Waals surface area contributed by atoms with E-state index in [1.165, 1.54) is 35.0 Å². The van der Waals surface area contributed by atoms with Crippen LogP contribution in [0.25, 0.3) is 0 Å². The van der Waals surface area contributed by atoms with Crippen molar-refractivity contribution in [2.45, 2.75) is 82.7 Å². The number of fused-ring (bicyclic) bond motifs is 1. The van der Waals surface area contributed by atoms with Crippen molar-refractivity contribution >= 4 is 27.5 Å². The van der Waals surface area contributed by atoms with E-state index >= 15 is 0 Å². The summed E-state index contributed by atoms with van der Waals surface area (Å²) >= 11 is 0. The number of nitrogens with zero attached hydrogens (tertiary/aromatic N) is 2.